The number of rotatable bonds is 7. The Labute approximate surface area is 329 Å². The van der Waals surface area contributed by atoms with Crippen LogP contribution in [0.1, 0.15) is 142 Å². The van der Waals surface area contributed by atoms with Gasteiger partial charge in [-0.15, -0.1) is 0 Å². The molecule has 0 aliphatic rings. The molecule has 0 radical (unpaired) electrons. The first kappa shape index (κ1) is 39.9. The predicted molar refractivity (Wildman–Crippen MR) is 240 cm³/mol. The maximum absolute atomic E-state index is 2.89. The van der Waals surface area contributed by atoms with Gasteiger partial charge in [0.1, 0.15) is 0 Å². The van der Waals surface area contributed by atoms with Crippen LogP contribution in [0.4, 0.5) is 0 Å². The normalized spacial score (nSPS) is 14.3. The highest BCUT2D eigenvalue weighted by atomic mass is 31.1. The van der Waals surface area contributed by atoms with E-state index in [4.69, 9.17) is 0 Å². The molecule has 0 spiro atoms. The van der Waals surface area contributed by atoms with Crippen molar-refractivity contribution in [2.45, 2.75) is 131 Å². The van der Waals surface area contributed by atoms with Gasteiger partial charge in [0.25, 0.3) is 0 Å². The number of fused-ring (bicyclic) bond motifs is 2. The average Bonchev–Trinajstić information content (AvgIpc) is 3.11. The van der Waals surface area contributed by atoms with Crippen LogP contribution in [0.15, 0.2) is 121 Å². The summed E-state index contributed by atoms with van der Waals surface area (Å²) in [5.74, 6) is 0. The Morgan fingerprint density at radius 2 is 0.667 bits per heavy atom. The van der Waals surface area contributed by atoms with E-state index in [1.165, 1.54) is 65.5 Å². The summed E-state index contributed by atoms with van der Waals surface area (Å²) >= 11 is 0. The Morgan fingerprint density at radius 3 is 0.963 bits per heavy atom. The Bertz CT molecular complexity index is 2040. The van der Waals surface area contributed by atoms with E-state index < -0.39 is 8.07 Å². The molecule has 6 aromatic rings. The monoisotopic (exact) mass is 733 g/mol. The van der Waals surface area contributed by atoms with E-state index >= 15 is 0 Å². The highest BCUT2D eigenvalue weighted by molar-refractivity contribution is 7.70. The van der Waals surface area contributed by atoms with Gasteiger partial charge in [0, 0.05) is 20.2 Å². The molecule has 54 heavy (non-hydrogen) atoms. The van der Waals surface area contributed by atoms with Crippen molar-refractivity contribution in [3.05, 3.63) is 155 Å². The molecule has 2 heteroatoms. The lowest BCUT2D eigenvalue weighted by atomic mass is 9.81. The Hall–Kier alpha value is -3.77. The van der Waals surface area contributed by atoms with Crippen molar-refractivity contribution in [2.75, 3.05) is 0 Å². The fraction of sp³-hybridized carbons (Fsp3) is 0.385. The predicted octanol–water partition coefficient (Wildman–Crippen LogP) is 14.4. The molecule has 0 aliphatic heterocycles. The van der Waals surface area contributed by atoms with Crippen LogP contribution in [0.25, 0.3) is 21.5 Å². The Balaban J connectivity index is 1.72. The second kappa shape index (κ2) is 14.7. The number of hydrogen-bond acceptors (Lipinski definition) is 1. The third kappa shape index (κ3) is 8.54. The van der Waals surface area contributed by atoms with Gasteiger partial charge in [-0.25, -0.2) is 0 Å². The molecule has 1 nitrogen and oxygen atoms in total. The standard InChI is InChI=1S/C52H64NP/c1-35(39-25-23-37-19-15-17-21-41(37)27-39)53(36(2)40-26-24-38-20-16-18-22-42(38)28-40)54(47-31-43(49(3,4)5)29-44(32-47)50(6,7)8)48-33-45(51(9,10)11)30-46(34-48)52(12,13)14/h15-36H,1-14H3/t35-,36-/m0/s1. The zero-order valence-corrected chi connectivity index (χ0v) is 36.5. The van der Waals surface area contributed by atoms with Gasteiger partial charge < -0.3 is 0 Å². The van der Waals surface area contributed by atoms with E-state index in [-0.39, 0.29) is 33.7 Å². The molecule has 0 aliphatic carbocycles. The van der Waals surface area contributed by atoms with Crippen molar-refractivity contribution in [1.29, 1.82) is 0 Å². The summed E-state index contributed by atoms with van der Waals surface area (Å²) in [6.07, 6.45) is 0. The topological polar surface area (TPSA) is 3.24 Å². The van der Waals surface area contributed by atoms with Gasteiger partial charge >= 0.3 is 0 Å². The zero-order valence-electron chi connectivity index (χ0n) is 35.6. The lowest BCUT2D eigenvalue weighted by Crippen LogP contribution is -2.35. The summed E-state index contributed by atoms with van der Waals surface area (Å²) in [4.78, 5) is 0. The minimum atomic E-state index is -1.05. The minimum Gasteiger partial charge on any atom is -0.261 e. The summed E-state index contributed by atoms with van der Waals surface area (Å²) in [5, 5.41) is 8.00. The van der Waals surface area contributed by atoms with Crippen LogP contribution in [-0.4, -0.2) is 4.67 Å². The van der Waals surface area contributed by atoms with Crippen LogP contribution < -0.4 is 10.6 Å². The maximum Gasteiger partial charge on any atom is 0.0369 e. The Morgan fingerprint density at radius 1 is 0.370 bits per heavy atom. The molecule has 0 N–H and O–H groups in total. The van der Waals surface area contributed by atoms with Crippen LogP contribution in [0.5, 0.6) is 0 Å². The van der Waals surface area contributed by atoms with E-state index in [9.17, 15) is 0 Å². The van der Waals surface area contributed by atoms with E-state index in [1.807, 2.05) is 0 Å². The number of benzene rings is 6. The molecule has 0 amide bonds. The van der Waals surface area contributed by atoms with Gasteiger partial charge in [0.05, 0.1) is 0 Å². The van der Waals surface area contributed by atoms with Gasteiger partial charge in [-0.1, -0.05) is 168 Å². The largest absolute Gasteiger partial charge is 0.261 e. The second-order valence-corrected chi connectivity index (χ2v) is 21.9. The smallest absolute Gasteiger partial charge is 0.0369 e. The van der Waals surface area contributed by atoms with Gasteiger partial charge in [-0.05, 0) is 137 Å². The lowest BCUT2D eigenvalue weighted by Gasteiger charge is -2.43. The van der Waals surface area contributed by atoms with Crippen molar-refractivity contribution < 1.29 is 0 Å². The van der Waals surface area contributed by atoms with Crippen molar-refractivity contribution in [3.63, 3.8) is 0 Å². The van der Waals surface area contributed by atoms with Crippen molar-refractivity contribution in [2.24, 2.45) is 0 Å². The maximum atomic E-state index is 2.89. The molecule has 0 saturated carbocycles. The van der Waals surface area contributed by atoms with Crippen LogP contribution in [0.3, 0.4) is 0 Å². The van der Waals surface area contributed by atoms with Gasteiger partial charge in [-0.3, -0.25) is 4.67 Å². The first-order valence-electron chi connectivity index (χ1n) is 20.0. The van der Waals surface area contributed by atoms with Crippen molar-refractivity contribution >= 4 is 40.2 Å². The average molecular weight is 734 g/mol. The van der Waals surface area contributed by atoms with Crippen LogP contribution in [-0.2, 0) is 21.7 Å². The Kier molecular flexibility index (Phi) is 10.9. The fourth-order valence-corrected chi connectivity index (χ4v) is 10.4. The molecule has 6 aromatic carbocycles. The highest BCUT2D eigenvalue weighted by Gasteiger charge is 2.36. The summed E-state index contributed by atoms with van der Waals surface area (Å²) in [7, 11) is -1.05. The summed E-state index contributed by atoms with van der Waals surface area (Å²) in [6, 6.07) is 47.3. The van der Waals surface area contributed by atoms with Crippen molar-refractivity contribution in [1.82, 2.24) is 4.67 Å². The second-order valence-electron chi connectivity index (χ2n) is 19.8. The van der Waals surface area contributed by atoms with Crippen LogP contribution >= 0.6 is 8.07 Å². The van der Waals surface area contributed by atoms with E-state index in [0.717, 1.165) is 0 Å². The number of hydrogen-bond donors (Lipinski definition) is 0. The van der Waals surface area contributed by atoms with Gasteiger partial charge in [0.2, 0.25) is 0 Å². The first-order chi connectivity index (χ1) is 25.1. The summed E-state index contributed by atoms with van der Waals surface area (Å²) < 4.78 is 2.89. The summed E-state index contributed by atoms with van der Waals surface area (Å²) in [5.41, 5.74) is 8.29. The summed E-state index contributed by atoms with van der Waals surface area (Å²) in [6.45, 7) is 33.3. The van der Waals surface area contributed by atoms with E-state index in [2.05, 4.69) is 223 Å². The molecular weight excluding hydrogens is 670 g/mol. The van der Waals surface area contributed by atoms with Crippen LogP contribution in [0, 0.1) is 0 Å². The number of nitrogens with zero attached hydrogens (tertiary/aromatic N) is 1. The molecule has 6 rings (SSSR count). The van der Waals surface area contributed by atoms with Crippen molar-refractivity contribution in [3.8, 4) is 0 Å². The highest BCUT2D eigenvalue weighted by Crippen LogP contribution is 2.52. The molecule has 282 valence electrons. The molecule has 0 saturated heterocycles. The SMILES string of the molecule is C[C@@H](c1ccc2ccccc2c1)N([C@@H](C)c1ccc2ccccc2c1)P(c1cc(C(C)(C)C)cc(C(C)(C)C)c1)c1cc(C(C)(C)C)cc(C(C)(C)C)c1. The van der Waals surface area contributed by atoms with Gasteiger partial charge in [0.15, 0.2) is 0 Å². The molecule has 2 atom stereocenters. The third-order valence-electron chi connectivity index (χ3n) is 11.3. The molecular formula is C52H64NP. The lowest BCUT2D eigenvalue weighted by molar-refractivity contribution is 0.303. The molecule has 0 unspecified atom stereocenters. The van der Waals surface area contributed by atoms with E-state index in [0.29, 0.717) is 0 Å². The first-order valence-corrected chi connectivity index (χ1v) is 21.3. The molecule has 0 bridgehead atoms. The fourth-order valence-electron chi connectivity index (χ4n) is 7.54. The molecule has 0 heterocycles. The zero-order chi connectivity index (χ0) is 39.4. The molecule has 0 fully saturated rings. The van der Waals surface area contributed by atoms with Gasteiger partial charge in [-0.2, -0.15) is 0 Å². The third-order valence-corrected chi connectivity index (χ3v) is 14.0. The quantitative estimate of drug-likeness (QED) is 0.148. The van der Waals surface area contributed by atoms with Crippen LogP contribution in [0.2, 0.25) is 0 Å². The van der Waals surface area contributed by atoms with E-state index in [1.54, 1.807) is 0 Å². The molecule has 0 aromatic heterocycles. The minimum absolute atomic E-state index is 0.000402.